The Morgan fingerprint density at radius 2 is 1.88 bits per heavy atom. The zero-order chi connectivity index (χ0) is 17.8. The van der Waals surface area contributed by atoms with Gasteiger partial charge in [0.25, 0.3) is 0 Å². The average Bonchev–Trinajstić information content (AvgIpc) is 3.06. The van der Waals surface area contributed by atoms with Crippen LogP contribution in [0, 0.1) is 0 Å². The first-order chi connectivity index (χ1) is 12.1. The van der Waals surface area contributed by atoms with Crippen LogP contribution in [0.15, 0.2) is 60.3 Å². The molecule has 0 fully saturated rings. The lowest BCUT2D eigenvalue weighted by Crippen LogP contribution is -2.00. The number of halogens is 2. The molecule has 0 aliphatic heterocycles. The molecule has 25 heavy (non-hydrogen) atoms. The van der Waals surface area contributed by atoms with E-state index < -0.39 is 0 Å². The zero-order valence-corrected chi connectivity index (χ0v) is 15.8. The summed E-state index contributed by atoms with van der Waals surface area (Å²) in [5, 5.41) is 10.4. The molecule has 3 aromatic rings. The molecule has 0 spiro atoms. The predicted octanol–water partition coefficient (Wildman–Crippen LogP) is 5.53. The van der Waals surface area contributed by atoms with Crippen LogP contribution in [-0.4, -0.2) is 27.6 Å². The van der Waals surface area contributed by atoms with Gasteiger partial charge in [0.05, 0.1) is 22.8 Å². The standard InChI is InChI=1S/C18H15Cl2N3OS/c1-3-10-25-18-22-21-17(12-4-7-14(24-2)8-5-12)23(18)13-6-9-15(19)16(20)11-13/h3-9,11H,1,10H2,2H3. The summed E-state index contributed by atoms with van der Waals surface area (Å²) in [5.74, 6) is 2.22. The minimum Gasteiger partial charge on any atom is -0.497 e. The molecule has 0 saturated carbocycles. The molecule has 1 aromatic heterocycles. The summed E-state index contributed by atoms with van der Waals surface area (Å²) in [6.07, 6.45) is 1.82. The highest BCUT2D eigenvalue weighted by molar-refractivity contribution is 7.99. The lowest BCUT2D eigenvalue weighted by atomic mass is 10.2. The number of nitrogens with zero attached hydrogens (tertiary/aromatic N) is 3. The first kappa shape index (κ1) is 17.9. The van der Waals surface area contributed by atoms with Crippen LogP contribution in [-0.2, 0) is 0 Å². The van der Waals surface area contributed by atoms with E-state index in [4.69, 9.17) is 27.9 Å². The third-order valence-corrected chi connectivity index (χ3v) is 5.14. The number of aromatic nitrogens is 3. The molecular formula is C18H15Cl2N3OS. The third kappa shape index (κ3) is 3.84. The zero-order valence-electron chi connectivity index (χ0n) is 13.4. The number of rotatable bonds is 6. The van der Waals surface area contributed by atoms with E-state index in [0.717, 1.165) is 27.9 Å². The normalized spacial score (nSPS) is 10.7. The molecule has 0 radical (unpaired) electrons. The minimum atomic E-state index is 0.480. The Hall–Kier alpha value is -1.95. The average molecular weight is 392 g/mol. The van der Waals surface area contributed by atoms with E-state index in [1.807, 2.05) is 41.0 Å². The molecule has 0 aliphatic rings. The van der Waals surface area contributed by atoms with E-state index in [2.05, 4.69) is 16.8 Å². The van der Waals surface area contributed by atoms with Gasteiger partial charge in [-0.3, -0.25) is 4.57 Å². The Labute approximate surface area is 160 Å². The van der Waals surface area contributed by atoms with E-state index in [1.165, 1.54) is 0 Å². The van der Waals surface area contributed by atoms with E-state index in [1.54, 1.807) is 31.0 Å². The van der Waals surface area contributed by atoms with Crippen molar-refractivity contribution in [3.8, 4) is 22.8 Å². The second kappa shape index (κ2) is 7.95. The lowest BCUT2D eigenvalue weighted by molar-refractivity contribution is 0.415. The van der Waals surface area contributed by atoms with Gasteiger partial charge in [0, 0.05) is 11.3 Å². The Kier molecular flexibility index (Phi) is 5.68. The van der Waals surface area contributed by atoms with Gasteiger partial charge in [-0.25, -0.2) is 0 Å². The Morgan fingerprint density at radius 3 is 2.52 bits per heavy atom. The highest BCUT2D eigenvalue weighted by Crippen LogP contribution is 2.31. The van der Waals surface area contributed by atoms with E-state index in [9.17, 15) is 0 Å². The van der Waals surface area contributed by atoms with Crippen LogP contribution in [0.4, 0.5) is 0 Å². The molecule has 0 amide bonds. The molecule has 0 N–H and O–H groups in total. The number of hydrogen-bond donors (Lipinski definition) is 0. The molecule has 7 heteroatoms. The van der Waals surface area contributed by atoms with Crippen molar-refractivity contribution >= 4 is 35.0 Å². The monoisotopic (exact) mass is 391 g/mol. The van der Waals surface area contributed by atoms with Crippen molar-refractivity contribution < 1.29 is 4.74 Å². The fourth-order valence-electron chi connectivity index (χ4n) is 2.28. The maximum absolute atomic E-state index is 6.20. The largest absolute Gasteiger partial charge is 0.497 e. The summed E-state index contributed by atoms with van der Waals surface area (Å²) in [6.45, 7) is 3.76. The van der Waals surface area contributed by atoms with E-state index in [0.29, 0.717) is 15.9 Å². The van der Waals surface area contributed by atoms with Gasteiger partial charge in [0.2, 0.25) is 0 Å². The summed E-state index contributed by atoms with van der Waals surface area (Å²) < 4.78 is 7.17. The molecular weight excluding hydrogens is 377 g/mol. The van der Waals surface area contributed by atoms with Gasteiger partial charge in [-0.1, -0.05) is 41.0 Å². The van der Waals surface area contributed by atoms with Crippen LogP contribution in [0.3, 0.4) is 0 Å². The van der Waals surface area contributed by atoms with Crippen molar-refractivity contribution in [2.75, 3.05) is 12.9 Å². The molecule has 0 unspecified atom stereocenters. The van der Waals surface area contributed by atoms with Crippen LogP contribution < -0.4 is 4.74 Å². The Bertz CT molecular complexity index is 894. The van der Waals surface area contributed by atoms with Crippen molar-refractivity contribution in [1.82, 2.24) is 14.8 Å². The topological polar surface area (TPSA) is 39.9 Å². The molecule has 2 aromatic carbocycles. The minimum absolute atomic E-state index is 0.480. The fraction of sp³-hybridized carbons (Fsp3) is 0.111. The maximum atomic E-state index is 6.20. The van der Waals surface area contributed by atoms with Gasteiger partial charge in [0.15, 0.2) is 11.0 Å². The molecule has 0 aliphatic carbocycles. The van der Waals surface area contributed by atoms with Crippen LogP contribution in [0.2, 0.25) is 10.0 Å². The van der Waals surface area contributed by atoms with Gasteiger partial charge >= 0.3 is 0 Å². The SMILES string of the molecule is C=CCSc1nnc(-c2ccc(OC)cc2)n1-c1ccc(Cl)c(Cl)c1. The molecule has 0 atom stereocenters. The van der Waals surface area contributed by atoms with Crippen LogP contribution in [0.1, 0.15) is 0 Å². The smallest absolute Gasteiger partial charge is 0.196 e. The van der Waals surface area contributed by atoms with Gasteiger partial charge < -0.3 is 4.74 Å². The highest BCUT2D eigenvalue weighted by atomic mass is 35.5. The van der Waals surface area contributed by atoms with Crippen molar-refractivity contribution in [1.29, 1.82) is 0 Å². The predicted molar refractivity (Wildman–Crippen MR) is 104 cm³/mol. The molecule has 0 saturated heterocycles. The van der Waals surface area contributed by atoms with Crippen molar-refractivity contribution in [3.63, 3.8) is 0 Å². The number of ether oxygens (including phenoxy) is 1. The number of methoxy groups -OCH3 is 1. The maximum Gasteiger partial charge on any atom is 0.196 e. The van der Waals surface area contributed by atoms with Gasteiger partial charge in [-0.05, 0) is 42.5 Å². The molecule has 4 nitrogen and oxygen atoms in total. The second-order valence-electron chi connectivity index (χ2n) is 5.07. The van der Waals surface area contributed by atoms with E-state index >= 15 is 0 Å². The Balaban J connectivity index is 2.12. The lowest BCUT2D eigenvalue weighted by Gasteiger charge is -2.11. The molecule has 128 valence electrons. The number of thioether (sulfide) groups is 1. The molecule has 1 heterocycles. The quantitative estimate of drug-likeness (QED) is 0.409. The summed E-state index contributed by atoms with van der Waals surface area (Å²) in [6, 6.07) is 13.1. The van der Waals surface area contributed by atoms with Crippen LogP contribution >= 0.6 is 35.0 Å². The third-order valence-electron chi connectivity index (χ3n) is 3.47. The number of benzene rings is 2. The second-order valence-corrected chi connectivity index (χ2v) is 6.87. The highest BCUT2D eigenvalue weighted by Gasteiger charge is 2.16. The first-order valence-corrected chi connectivity index (χ1v) is 9.17. The Morgan fingerprint density at radius 1 is 1.12 bits per heavy atom. The summed E-state index contributed by atoms with van der Waals surface area (Å²) in [7, 11) is 1.64. The van der Waals surface area contributed by atoms with Crippen molar-refractivity contribution in [2.24, 2.45) is 0 Å². The van der Waals surface area contributed by atoms with Crippen molar-refractivity contribution in [3.05, 3.63) is 65.2 Å². The number of hydrogen-bond acceptors (Lipinski definition) is 4. The van der Waals surface area contributed by atoms with Crippen molar-refractivity contribution in [2.45, 2.75) is 5.16 Å². The molecule has 0 bridgehead atoms. The van der Waals surface area contributed by atoms with Gasteiger partial charge in [-0.2, -0.15) is 0 Å². The summed E-state index contributed by atoms with van der Waals surface area (Å²) >= 11 is 13.8. The molecule has 3 rings (SSSR count). The van der Waals surface area contributed by atoms with Gasteiger partial charge in [0.1, 0.15) is 5.75 Å². The van der Waals surface area contributed by atoms with Gasteiger partial charge in [-0.15, -0.1) is 16.8 Å². The first-order valence-electron chi connectivity index (χ1n) is 7.43. The summed E-state index contributed by atoms with van der Waals surface area (Å²) in [4.78, 5) is 0. The van der Waals surface area contributed by atoms with E-state index in [-0.39, 0.29) is 0 Å². The van der Waals surface area contributed by atoms with Crippen LogP contribution in [0.5, 0.6) is 5.75 Å². The fourth-order valence-corrected chi connectivity index (χ4v) is 3.26. The van der Waals surface area contributed by atoms with Crippen LogP contribution in [0.25, 0.3) is 17.1 Å². The summed E-state index contributed by atoms with van der Waals surface area (Å²) in [5.41, 5.74) is 1.77.